The van der Waals surface area contributed by atoms with Crippen molar-refractivity contribution in [2.24, 2.45) is 5.11 Å². The maximum absolute atomic E-state index is 12.9. The van der Waals surface area contributed by atoms with Gasteiger partial charge in [0.05, 0.1) is 16.8 Å². The largest absolute Gasteiger partial charge is 0.374 e. The van der Waals surface area contributed by atoms with Gasteiger partial charge in [0.1, 0.15) is 6.04 Å². The molecule has 2 aliphatic rings. The monoisotopic (exact) mass is 356 g/mol. The maximum atomic E-state index is 12.9. The number of rotatable bonds is 5. The first-order valence-corrected chi connectivity index (χ1v) is 8.02. The highest BCUT2D eigenvalue weighted by molar-refractivity contribution is 6.25. The molecule has 1 fully saturated rings. The van der Waals surface area contributed by atoms with E-state index in [2.05, 4.69) is 15.3 Å². The number of fused-ring (bicyclic) bond motifs is 1. The lowest BCUT2D eigenvalue weighted by molar-refractivity contribution is -0.136. The van der Waals surface area contributed by atoms with Crippen LogP contribution in [0.4, 0.5) is 5.69 Å². The van der Waals surface area contributed by atoms with E-state index in [4.69, 9.17) is 5.53 Å². The van der Waals surface area contributed by atoms with E-state index in [-0.39, 0.29) is 30.5 Å². The highest BCUT2D eigenvalue weighted by Crippen LogP contribution is 2.33. The van der Waals surface area contributed by atoms with Gasteiger partial charge in [-0.05, 0) is 24.1 Å². The van der Waals surface area contributed by atoms with Crippen LogP contribution in [0.2, 0.25) is 0 Å². The number of azide groups is 1. The minimum absolute atomic E-state index is 0.0722. The van der Waals surface area contributed by atoms with E-state index in [0.717, 1.165) is 4.90 Å². The van der Waals surface area contributed by atoms with Gasteiger partial charge < -0.3 is 4.90 Å². The summed E-state index contributed by atoms with van der Waals surface area (Å²) in [7, 11) is 1.72. The summed E-state index contributed by atoms with van der Waals surface area (Å²) in [6, 6.07) is 3.87. The second-order valence-corrected chi connectivity index (χ2v) is 6.02. The van der Waals surface area contributed by atoms with Crippen LogP contribution in [0.3, 0.4) is 0 Å². The molecule has 1 aromatic rings. The Balaban J connectivity index is 1.92. The van der Waals surface area contributed by atoms with Crippen LogP contribution in [-0.4, -0.2) is 54.7 Å². The van der Waals surface area contributed by atoms with E-state index in [9.17, 15) is 19.2 Å². The predicted octanol–water partition coefficient (Wildman–Crippen LogP) is 0.834. The molecule has 3 rings (SSSR count). The summed E-state index contributed by atoms with van der Waals surface area (Å²) in [5.74, 6) is -2.18. The molecule has 1 saturated heterocycles. The summed E-state index contributed by atoms with van der Waals surface area (Å²) in [5.41, 5.74) is 9.32. The van der Waals surface area contributed by atoms with Gasteiger partial charge in [-0.3, -0.25) is 29.4 Å². The van der Waals surface area contributed by atoms with E-state index < -0.39 is 29.7 Å². The summed E-state index contributed by atoms with van der Waals surface area (Å²) in [6.07, 6.45) is 0.181. The van der Waals surface area contributed by atoms with Gasteiger partial charge in [-0.25, -0.2) is 0 Å². The summed E-state index contributed by atoms with van der Waals surface area (Å²) in [4.78, 5) is 54.4. The van der Waals surface area contributed by atoms with Crippen molar-refractivity contribution >= 4 is 29.3 Å². The summed E-state index contributed by atoms with van der Waals surface area (Å²) >= 11 is 0. The van der Waals surface area contributed by atoms with Crippen molar-refractivity contribution in [3.63, 3.8) is 0 Å². The van der Waals surface area contributed by atoms with Crippen LogP contribution in [0, 0.1) is 0 Å². The first-order valence-electron chi connectivity index (χ1n) is 8.02. The molecule has 1 atom stereocenters. The van der Waals surface area contributed by atoms with Crippen LogP contribution in [-0.2, 0) is 9.59 Å². The first-order chi connectivity index (χ1) is 12.5. The van der Waals surface area contributed by atoms with Gasteiger partial charge in [-0.2, -0.15) is 0 Å². The van der Waals surface area contributed by atoms with Crippen LogP contribution in [0.25, 0.3) is 10.4 Å². The number of carbonyl (C=O) groups is 4. The van der Waals surface area contributed by atoms with Crippen molar-refractivity contribution in [3.05, 3.63) is 39.8 Å². The predicted molar refractivity (Wildman–Crippen MR) is 90.4 cm³/mol. The van der Waals surface area contributed by atoms with Crippen molar-refractivity contribution in [3.8, 4) is 0 Å². The number of imide groups is 2. The smallest absolute Gasteiger partial charge is 0.264 e. The molecule has 0 aliphatic carbocycles. The normalized spacial score (nSPS) is 19.1. The number of benzene rings is 1. The number of nitrogens with zero attached hydrogens (tertiary/aromatic N) is 5. The number of piperidine rings is 1. The first kappa shape index (κ1) is 17.4. The third kappa shape index (κ3) is 2.86. The fraction of sp³-hybridized carbons (Fsp3) is 0.375. The van der Waals surface area contributed by atoms with Gasteiger partial charge in [0.25, 0.3) is 11.8 Å². The lowest BCUT2D eigenvalue weighted by Crippen LogP contribution is -2.54. The van der Waals surface area contributed by atoms with Gasteiger partial charge in [0, 0.05) is 31.5 Å². The number of amides is 4. The molecule has 10 nitrogen and oxygen atoms in total. The fourth-order valence-electron chi connectivity index (χ4n) is 3.18. The molecule has 2 heterocycles. The molecular weight excluding hydrogens is 340 g/mol. The molecule has 1 N–H and O–H groups in total. The number of likely N-dealkylation sites (N-methyl/N-ethyl adjacent to an activating group) is 1. The number of hydrogen-bond acceptors (Lipinski definition) is 6. The number of carbonyl (C=O) groups excluding carboxylic acids is 4. The maximum Gasteiger partial charge on any atom is 0.264 e. The van der Waals surface area contributed by atoms with Crippen LogP contribution >= 0.6 is 0 Å². The molecule has 1 unspecified atom stereocenters. The van der Waals surface area contributed by atoms with Crippen LogP contribution < -0.4 is 10.2 Å². The summed E-state index contributed by atoms with van der Waals surface area (Å²) < 4.78 is 0. The van der Waals surface area contributed by atoms with Crippen molar-refractivity contribution in [2.45, 2.75) is 18.9 Å². The van der Waals surface area contributed by atoms with Crippen LogP contribution in [0.5, 0.6) is 0 Å². The molecule has 26 heavy (non-hydrogen) atoms. The molecule has 1 aromatic carbocycles. The Morgan fingerprint density at radius 1 is 1.31 bits per heavy atom. The van der Waals surface area contributed by atoms with Gasteiger partial charge in [-0.15, -0.1) is 0 Å². The SMILES string of the molecule is CN(CCN=[N+]=[N-])c1cccc2c1C(=O)N(C1CCC(=O)NC1=O)C2=O. The van der Waals surface area contributed by atoms with Crippen molar-refractivity contribution in [1.29, 1.82) is 0 Å². The Bertz CT molecular complexity index is 860. The van der Waals surface area contributed by atoms with Crippen LogP contribution in [0.1, 0.15) is 33.6 Å². The fourth-order valence-corrected chi connectivity index (χ4v) is 3.18. The van der Waals surface area contributed by atoms with E-state index in [1.807, 2.05) is 0 Å². The van der Waals surface area contributed by atoms with Crippen LogP contribution in [0.15, 0.2) is 23.3 Å². The average Bonchev–Trinajstić information content (AvgIpc) is 2.87. The van der Waals surface area contributed by atoms with Gasteiger partial charge in [0.15, 0.2) is 0 Å². The Labute approximate surface area is 148 Å². The zero-order valence-electron chi connectivity index (χ0n) is 14.0. The molecular formula is C16H16N6O4. The average molecular weight is 356 g/mol. The lowest BCUT2D eigenvalue weighted by atomic mass is 10.0. The van der Waals surface area contributed by atoms with Gasteiger partial charge >= 0.3 is 0 Å². The molecule has 0 bridgehead atoms. The number of hydrogen-bond donors (Lipinski definition) is 1. The summed E-state index contributed by atoms with van der Waals surface area (Å²) in [6.45, 7) is 0.566. The van der Waals surface area contributed by atoms with Crippen molar-refractivity contribution in [1.82, 2.24) is 10.2 Å². The molecule has 4 amide bonds. The van der Waals surface area contributed by atoms with E-state index in [1.54, 1.807) is 24.1 Å². The number of nitrogens with one attached hydrogen (secondary N) is 1. The third-order valence-electron chi connectivity index (χ3n) is 4.46. The molecule has 0 radical (unpaired) electrons. The number of anilines is 1. The van der Waals surface area contributed by atoms with E-state index >= 15 is 0 Å². The highest BCUT2D eigenvalue weighted by Gasteiger charge is 2.45. The third-order valence-corrected chi connectivity index (χ3v) is 4.46. The molecule has 2 aliphatic heterocycles. The minimum atomic E-state index is -0.999. The molecule has 134 valence electrons. The topological polar surface area (TPSA) is 136 Å². The molecule has 0 spiro atoms. The highest BCUT2D eigenvalue weighted by atomic mass is 16.2. The Hall–Kier alpha value is -3.39. The second kappa shape index (κ2) is 6.85. The Kier molecular flexibility index (Phi) is 4.59. The molecule has 0 aromatic heterocycles. The van der Waals surface area contributed by atoms with Crippen molar-refractivity contribution < 1.29 is 19.2 Å². The Morgan fingerprint density at radius 3 is 2.77 bits per heavy atom. The minimum Gasteiger partial charge on any atom is -0.374 e. The molecule has 10 heteroatoms. The summed E-state index contributed by atoms with van der Waals surface area (Å²) in [5, 5.41) is 5.63. The van der Waals surface area contributed by atoms with Gasteiger partial charge in [-0.1, -0.05) is 11.2 Å². The zero-order valence-corrected chi connectivity index (χ0v) is 14.0. The second-order valence-electron chi connectivity index (χ2n) is 6.02. The van der Waals surface area contributed by atoms with Gasteiger partial charge in [0.2, 0.25) is 11.8 Å². The quantitative estimate of drug-likeness (QED) is 0.361. The van der Waals surface area contributed by atoms with E-state index in [0.29, 0.717) is 12.2 Å². The van der Waals surface area contributed by atoms with E-state index in [1.165, 1.54) is 6.07 Å². The van der Waals surface area contributed by atoms with Crippen molar-refractivity contribution in [2.75, 3.05) is 25.0 Å². The molecule has 0 saturated carbocycles. The Morgan fingerprint density at radius 2 is 2.08 bits per heavy atom. The standard InChI is InChI=1S/C16H16N6O4/c1-21(8-7-18-20-17)10-4-2-3-9-13(10)16(26)22(15(9)25)11-5-6-12(23)19-14(11)24/h2-4,11H,5-8H2,1H3,(H,19,23,24). The lowest BCUT2D eigenvalue weighted by Gasteiger charge is -2.28. The zero-order chi connectivity index (χ0) is 18.8.